The van der Waals surface area contributed by atoms with Crippen LogP contribution in [0.4, 0.5) is 0 Å². The molecule has 0 aliphatic heterocycles. The van der Waals surface area contributed by atoms with Gasteiger partial charge in [-0.3, -0.25) is 0 Å². The summed E-state index contributed by atoms with van der Waals surface area (Å²) in [5.74, 6) is 4.99. The van der Waals surface area contributed by atoms with Crippen molar-refractivity contribution in [2.45, 2.75) is 25.8 Å². The second-order valence-electron chi connectivity index (χ2n) is 3.12. The molecule has 0 spiro atoms. The van der Waals surface area contributed by atoms with Crippen LogP contribution in [0.25, 0.3) is 0 Å². The molecule has 0 aromatic rings. The van der Waals surface area contributed by atoms with Crippen molar-refractivity contribution in [2.75, 3.05) is 0 Å². The van der Waals surface area contributed by atoms with Crippen molar-refractivity contribution in [3.05, 3.63) is 23.8 Å². The maximum Gasteiger partial charge on any atom is 0.103 e. The van der Waals surface area contributed by atoms with Crippen LogP contribution in [0.3, 0.4) is 0 Å². The monoisotopic (exact) mass is 151 g/mol. The van der Waals surface area contributed by atoms with Gasteiger partial charge in [-0.15, -0.1) is 0 Å². The lowest BCUT2D eigenvalue weighted by molar-refractivity contribution is 0.537. The fourth-order valence-corrected chi connectivity index (χ4v) is 1.30. The first-order chi connectivity index (χ1) is 5.16. The van der Waals surface area contributed by atoms with Gasteiger partial charge in [0.15, 0.2) is 0 Å². The van der Waals surface area contributed by atoms with Gasteiger partial charge in [0.1, 0.15) is 5.54 Å². The van der Waals surface area contributed by atoms with Crippen molar-refractivity contribution >= 4 is 0 Å². The van der Waals surface area contributed by atoms with E-state index in [0.717, 1.165) is 6.42 Å². The van der Waals surface area contributed by atoms with E-state index in [2.05, 4.69) is 23.3 Å². The molecule has 0 bridgehead atoms. The molecule has 1 aliphatic carbocycles. The summed E-state index contributed by atoms with van der Waals surface area (Å²) in [5.41, 5.74) is 1.09. The highest BCUT2D eigenvalue weighted by molar-refractivity contribution is 5.24. The molecule has 1 atom stereocenters. The molecule has 1 aliphatic rings. The Bertz CT molecular complexity index is 227. The molecule has 0 heterocycles. The molecule has 0 radical (unpaired) electrons. The zero-order valence-corrected chi connectivity index (χ0v) is 6.91. The molecule has 1 unspecified atom stereocenters. The zero-order chi connectivity index (χ0) is 8.32. The number of allylic oxidation sites excluding steroid dienone is 2. The topological polar surface area (TPSA) is 50.7 Å². The highest BCUT2D eigenvalue weighted by Crippen LogP contribution is 2.25. The van der Waals surface area contributed by atoms with E-state index in [4.69, 9.17) is 5.84 Å². The molecule has 0 saturated heterocycles. The minimum atomic E-state index is -0.215. The van der Waals surface area contributed by atoms with Crippen LogP contribution in [0.2, 0.25) is 0 Å². The molecule has 0 amide bonds. The van der Waals surface area contributed by atoms with Gasteiger partial charge in [0, 0.05) is 0 Å². The molecule has 0 fully saturated rings. The Morgan fingerprint density at radius 2 is 2.36 bits per heavy atom. The minimum absolute atomic E-state index is 0.215. The highest BCUT2D eigenvalue weighted by atomic mass is 15.3. The van der Waals surface area contributed by atoms with Crippen LogP contribution < -0.4 is 5.84 Å². The van der Waals surface area contributed by atoms with Gasteiger partial charge >= 0.3 is 0 Å². The minimum Gasteiger partial charge on any atom is -0.305 e. The SMILES string of the molecule is CC1=CC=CC(C)(N=NN)C1. The van der Waals surface area contributed by atoms with Crippen molar-refractivity contribution in [1.29, 1.82) is 0 Å². The van der Waals surface area contributed by atoms with E-state index in [1.807, 2.05) is 19.1 Å². The normalized spacial score (nSPS) is 30.9. The van der Waals surface area contributed by atoms with Gasteiger partial charge < -0.3 is 5.84 Å². The first-order valence-electron chi connectivity index (χ1n) is 3.63. The first-order valence-corrected chi connectivity index (χ1v) is 3.63. The average molecular weight is 151 g/mol. The summed E-state index contributed by atoms with van der Waals surface area (Å²) >= 11 is 0. The van der Waals surface area contributed by atoms with Gasteiger partial charge in [-0.25, -0.2) is 0 Å². The first kappa shape index (κ1) is 7.98. The second kappa shape index (κ2) is 2.86. The predicted molar refractivity (Wildman–Crippen MR) is 45.0 cm³/mol. The Hall–Kier alpha value is -1.12. The van der Waals surface area contributed by atoms with E-state index in [1.165, 1.54) is 5.57 Å². The summed E-state index contributed by atoms with van der Waals surface area (Å²) in [6, 6.07) is 0. The van der Waals surface area contributed by atoms with Gasteiger partial charge in [0.05, 0.1) is 0 Å². The molecular weight excluding hydrogens is 138 g/mol. The van der Waals surface area contributed by atoms with Crippen LogP contribution in [0, 0.1) is 0 Å². The van der Waals surface area contributed by atoms with Crippen LogP contribution in [0.1, 0.15) is 20.3 Å². The molecule has 3 nitrogen and oxygen atoms in total. The van der Waals surface area contributed by atoms with Crippen molar-refractivity contribution in [3.63, 3.8) is 0 Å². The molecule has 1 rings (SSSR count). The third-order valence-electron chi connectivity index (χ3n) is 1.76. The molecular formula is C8H13N3. The van der Waals surface area contributed by atoms with Crippen LogP contribution in [-0.4, -0.2) is 5.54 Å². The summed E-state index contributed by atoms with van der Waals surface area (Å²) in [6.45, 7) is 4.09. The summed E-state index contributed by atoms with van der Waals surface area (Å²) in [4.78, 5) is 0. The van der Waals surface area contributed by atoms with E-state index >= 15 is 0 Å². The predicted octanol–water partition coefficient (Wildman–Crippen LogP) is 1.98. The number of rotatable bonds is 1. The molecule has 2 N–H and O–H groups in total. The lowest BCUT2D eigenvalue weighted by Gasteiger charge is -2.21. The smallest absolute Gasteiger partial charge is 0.103 e. The van der Waals surface area contributed by atoms with Crippen LogP contribution in [-0.2, 0) is 0 Å². The maximum atomic E-state index is 4.99. The van der Waals surface area contributed by atoms with E-state index < -0.39 is 0 Å². The Kier molecular flexibility index (Phi) is 2.08. The van der Waals surface area contributed by atoms with E-state index in [-0.39, 0.29) is 5.54 Å². The molecule has 0 aromatic carbocycles. The van der Waals surface area contributed by atoms with E-state index in [9.17, 15) is 0 Å². The van der Waals surface area contributed by atoms with Gasteiger partial charge in [-0.2, -0.15) is 5.11 Å². The van der Waals surface area contributed by atoms with Gasteiger partial charge in [0.2, 0.25) is 0 Å². The lowest BCUT2D eigenvalue weighted by Crippen LogP contribution is -2.20. The Morgan fingerprint density at radius 3 is 2.91 bits per heavy atom. The second-order valence-corrected chi connectivity index (χ2v) is 3.12. The molecule has 60 valence electrons. The highest BCUT2D eigenvalue weighted by Gasteiger charge is 2.22. The molecule has 0 saturated carbocycles. The quantitative estimate of drug-likeness (QED) is 0.347. The van der Waals surface area contributed by atoms with Crippen LogP contribution >= 0.6 is 0 Å². The molecule has 11 heavy (non-hydrogen) atoms. The largest absolute Gasteiger partial charge is 0.305 e. The van der Waals surface area contributed by atoms with Crippen LogP contribution in [0.5, 0.6) is 0 Å². The zero-order valence-electron chi connectivity index (χ0n) is 6.91. The van der Waals surface area contributed by atoms with Crippen molar-refractivity contribution in [2.24, 2.45) is 16.2 Å². The molecule has 0 aromatic heterocycles. The summed E-state index contributed by atoms with van der Waals surface area (Å²) in [7, 11) is 0. The average Bonchev–Trinajstić information content (AvgIpc) is 1.86. The molecule has 3 heteroatoms. The fourth-order valence-electron chi connectivity index (χ4n) is 1.30. The Morgan fingerprint density at radius 1 is 1.64 bits per heavy atom. The summed E-state index contributed by atoms with van der Waals surface area (Å²) in [6.07, 6.45) is 6.99. The summed E-state index contributed by atoms with van der Waals surface area (Å²) < 4.78 is 0. The van der Waals surface area contributed by atoms with Crippen LogP contribution in [0.15, 0.2) is 34.1 Å². The Labute approximate surface area is 66.7 Å². The Balaban J connectivity index is 2.77. The van der Waals surface area contributed by atoms with E-state index in [1.54, 1.807) is 0 Å². The van der Waals surface area contributed by atoms with Gasteiger partial charge in [0.25, 0.3) is 0 Å². The number of nitrogens with two attached hydrogens (primary N) is 1. The van der Waals surface area contributed by atoms with Crippen molar-refractivity contribution in [1.82, 2.24) is 0 Å². The third kappa shape index (κ3) is 1.90. The number of hydrogen-bond acceptors (Lipinski definition) is 2. The van der Waals surface area contributed by atoms with Crippen molar-refractivity contribution in [3.8, 4) is 0 Å². The van der Waals surface area contributed by atoms with Gasteiger partial charge in [-0.05, 0) is 20.3 Å². The fraction of sp³-hybridized carbons (Fsp3) is 0.500. The number of hydrogen-bond donors (Lipinski definition) is 1. The van der Waals surface area contributed by atoms with Crippen molar-refractivity contribution < 1.29 is 0 Å². The number of nitrogens with zero attached hydrogens (tertiary/aromatic N) is 2. The third-order valence-corrected chi connectivity index (χ3v) is 1.76. The van der Waals surface area contributed by atoms with Gasteiger partial charge in [-0.1, -0.05) is 29.0 Å². The summed E-state index contributed by atoms with van der Waals surface area (Å²) in [5, 5.41) is 7.25. The van der Waals surface area contributed by atoms with E-state index in [0.29, 0.717) is 0 Å². The lowest BCUT2D eigenvalue weighted by atomic mass is 9.90. The standard InChI is InChI=1S/C8H13N3/c1-7-4-3-5-8(2,6-7)10-11-9/h3-5H,6H2,1-2H3,(H2,9,10). The maximum absolute atomic E-state index is 4.99.